The number of amides is 1. The third kappa shape index (κ3) is 2.63. The molecule has 1 aromatic rings. The number of carbonyl (C=O) groups excluding carboxylic acids is 1. The van der Waals surface area contributed by atoms with E-state index in [1.165, 1.54) is 18.2 Å². The number of rotatable bonds is 3. The summed E-state index contributed by atoms with van der Waals surface area (Å²) in [6.45, 7) is 0.0514. The lowest BCUT2D eigenvalue weighted by Gasteiger charge is -2.06. The van der Waals surface area contributed by atoms with Crippen molar-refractivity contribution in [3.05, 3.63) is 23.8 Å². The number of hydrogen-bond acceptors (Lipinski definition) is 4. The van der Waals surface area contributed by atoms with Crippen molar-refractivity contribution in [2.45, 2.75) is 6.54 Å². The summed E-state index contributed by atoms with van der Waals surface area (Å²) in [5.74, 6) is -0.243. The third-order valence-corrected chi connectivity index (χ3v) is 1.72. The average molecular weight is 196 g/mol. The molecule has 1 aromatic carbocycles. The Bertz CT molecular complexity index is 339. The van der Waals surface area contributed by atoms with Gasteiger partial charge >= 0.3 is 0 Å². The van der Waals surface area contributed by atoms with Gasteiger partial charge in [0.2, 0.25) is 5.91 Å². The monoisotopic (exact) mass is 196 g/mol. The largest absolute Gasteiger partial charge is 0.508 e. The first-order chi connectivity index (χ1) is 6.63. The number of nitrogens with one attached hydrogen (secondary N) is 1. The molecule has 0 heterocycles. The maximum absolute atomic E-state index is 10.8. The highest BCUT2D eigenvalue weighted by atomic mass is 16.3. The van der Waals surface area contributed by atoms with Crippen LogP contribution in [0.4, 0.5) is 0 Å². The number of hydrogen-bond donors (Lipinski definition) is 4. The van der Waals surface area contributed by atoms with E-state index in [1.54, 1.807) is 0 Å². The van der Waals surface area contributed by atoms with Crippen LogP contribution in [0.25, 0.3) is 0 Å². The molecule has 0 aliphatic carbocycles. The van der Waals surface area contributed by atoms with Crippen LogP contribution in [0.2, 0.25) is 0 Å². The van der Waals surface area contributed by atoms with Crippen LogP contribution in [0.1, 0.15) is 5.56 Å². The molecule has 0 aromatic heterocycles. The van der Waals surface area contributed by atoms with Crippen LogP contribution in [0.15, 0.2) is 18.2 Å². The maximum Gasteiger partial charge on any atom is 0.234 e. The molecule has 0 saturated carbocycles. The number of carbonyl (C=O) groups is 1. The Hall–Kier alpha value is -1.75. The van der Waals surface area contributed by atoms with Gasteiger partial charge in [-0.05, 0) is 18.2 Å². The first-order valence-corrected chi connectivity index (χ1v) is 4.11. The number of benzene rings is 1. The number of nitrogens with two attached hydrogens (primary N) is 1. The minimum Gasteiger partial charge on any atom is -0.508 e. The van der Waals surface area contributed by atoms with E-state index < -0.39 is 0 Å². The molecule has 1 amide bonds. The van der Waals surface area contributed by atoms with E-state index in [-0.39, 0.29) is 30.5 Å². The van der Waals surface area contributed by atoms with E-state index in [0.717, 1.165) is 0 Å². The molecule has 14 heavy (non-hydrogen) atoms. The van der Waals surface area contributed by atoms with Gasteiger partial charge in [0.05, 0.1) is 6.54 Å². The molecule has 0 unspecified atom stereocenters. The number of aromatic hydroxyl groups is 2. The van der Waals surface area contributed by atoms with E-state index >= 15 is 0 Å². The predicted octanol–water partition coefficient (Wildman–Crippen LogP) is -0.327. The molecule has 5 heteroatoms. The van der Waals surface area contributed by atoms with Crippen molar-refractivity contribution >= 4 is 5.91 Å². The Balaban J connectivity index is 2.66. The van der Waals surface area contributed by atoms with Gasteiger partial charge in [0.25, 0.3) is 0 Å². The molecular formula is C9H12N2O3. The molecule has 0 radical (unpaired) electrons. The lowest BCUT2D eigenvalue weighted by atomic mass is 10.2. The fourth-order valence-electron chi connectivity index (χ4n) is 0.979. The van der Waals surface area contributed by atoms with E-state index in [2.05, 4.69) is 5.32 Å². The van der Waals surface area contributed by atoms with Crippen LogP contribution < -0.4 is 11.1 Å². The van der Waals surface area contributed by atoms with Gasteiger partial charge in [-0.25, -0.2) is 0 Å². The average Bonchev–Trinajstić information content (AvgIpc) is 2.19. The lowest BCUT2D eigenvalue weighted by Crippen LogP contribution is -2.29. The smallest absolute Gasteiger partial charge is 0.234 e. The van der Waals surface area contributed by atoms with E-state index in [9.17, 15) is 9.90 Å². The van der Waals surface area contributed by atoms with Gasteiger partial charge in [-0.3, -0.25) is 4.79 Å². The summed E-state index contributed by atoms with van der Waals surface area (Å²) in [6.07, 6.45) is 0. The van der Waals surface area contributed by atoms with Crippen molar-refractivity contribution in [1.82, 2.24) is 5.32 Å². The van der Waals surface area contributed by atoms with Crippen LogP contribution >= 0.6 is 0 Å². The summed E-state index contributed by atoms with van der Waals surface area (Å²) in [5.41, 5.74) is 5.53. The first kappa shape index (κ1) is 10.3. The lowest BCUT2D eigenvalue weighted by molar-refractivity contribution is -0.119. The molecule has 0 saturated heterocycles. The van der Waals surface area contributed by atoms with E-state index in [4.69, 9.17) is 10.8 Å². The van der Waals surface area contributed by atoms with Gasteiger partial charge in [-0.2, -0.15) is 0 Å². The van der Waals surface area contributed by atoms with Gasteiger partial charge in [0, 0.05) is 12.1 Å². The molecule has 5 nitrogen and oxygen atoms in total. The molecule has 1 rings (SSSR count). The van der Waals surface area contributed by atoms with Gasteiger partial charge in [0.15, 0.2) is 0 Å². The highest BCUT2D eigenvalue weighted by Crippen LogP contribution is 2.21. The number of phenolic OH excluding ortho intramolecular Hbond substituents is 2. The molecule has 76 valence electrons. The SMILES string of the molecule is NCC(=O)NCc1cc(O)ccc1O. The highest BCUT2D eigenvalue weighted by molar-refractivity contribution is 5.77. The third-order valence-electron chi connectivity index (χ3n) is 1.72. The molecule has 5 N–H and O–H groups in total. The Labute approximate surface area is 81.2 Å². The molecule has 0 aliphatic rings. The zero-order chi connectivity index (χ0) is 10.6. The van der Waals surface area contributed by atoms with Gasteiger partial charge in [-0.15, -0.1) is 0 Å². The Morgan fingerprint density at radius 3 is 2.79 bits per heavy atom. The summed E-state index contributed by atoms with van der Waals surface area (Å²) >= 11 is 0. The molecule has 0 atom stereocenters. The molecule has 0 bridgehead atoms. The summed E-state index contributed by atoms with van der Waals surface area (Å²) < 4.78 is 0. The zero-order valence-electron chi connectivity index (χ0n) is 7.53. The van der Waals surface area contributed by atoms with Crippen LogP contribution in [-0.4, -0.2) is 22.7 Å². The van der Waals surface area contributed by atoms with E-state index in [1.807, 2.05) is 0 Å². The topological polar surface area (TPSA) is 95.6 Å². The summed E-state index contributed by atoms with van der Waals surface area (Å²) in [5, 5.41) is 20.9. The van der Waals surface area contributed by atoms with Crippen molar-refractivity contribution in [2.75, 3.05) is 6.54 Å². The quantitative estimate of drug-likeness (QED) is 0.498. The van der Waals surface area contributed by atoms with Crippen molar-refractivity contribution in [1.29, 1.82) is 0 Å². The van der Waals surface area contributed by atoms with Crippen LogP contribution in [0.3, 0.4) is 0 Å². The maximum atomic E-state index is 10.8. The summed E-state index contributed by atoms with van der Waals surface area (Å²) in [6, 6.07) is 4.11. The summed E-state index contributed by atoms with van der Waals surface area (Å²) in [4.78, 5) is 10.8. The van der Waals surface area contributed by atoms with Gasteiger partial charge < -0.3 is 21.3 Å². The van der Waals surface area contributed by atoms with Crippen molar-refractivity contribution < 1.29 is 15.0 Å². The van der Waals surface area contributed by atoms with Crippen LogP contribution in [0.5, 0.6) is 11.5 Å². The second-order valence-corrected chi connectivity index (χ2v) is 2.79. The van der Waals surface area contributed by atoms with Crippen LogP contribution in [0, 0.1) is 0 Å². The van der Waals surface area contributed by atoms with Crippen molar-refractivity contribution in [3.8, 4) is 11.5 Å². The first-order valence-electron chi connectivity index (χ1n) is 4.11. The van der Waals surface area contributed by atoms with Gasteiger partial charge in [-0.1, -0.05) is 0 Å². The van der Waals surface area contributed by atoms with Crippen LogP contribution in [-0.2, 0) is 11.3 Å². The molecule has 0 aliphatic heterocycles. The molecule has 0 spiro atoms. The van der Waals surface area contributed by atoms with Crippen molar-refractivity contribution in [2.24, 2.45) is 5.73 Å². The standard InChI is InChI=1S/C9H12N2O3/c10-4-9(14)11-5-6-3-7(12)1-2-8(6)13/h1-3,12-13H,4-5,10H2,(H,11,14). The fraction of sp³-hybridized carbons (Fsp3) is 0.222. The second-order valence-electron chi connectivity index (χ2n) is 2.79. The molecular weight excluding hydrogens is 184 g/mol. The van der Waals surface area contributed by atoms with Gasteiger partial charge in [0.1, 0.15) is 11.5 Å². The zero-order valence-corrected chi connectivity index (χ0v) is 7.53. The Morgan fingerprint density at radius 1 is 1.43 bits per heavy atom. The van der Waals surface area contributed by atoms with E-state index in [0.29, 0.717) is 5.56 Å². The minimum atomic E-state index is -0.312. The predicted molar refractivity (Wildman–Crippen MR) is 50.7 cm³/mol. The highest BCUT2D eigenvalue weighted by Gasteiger charge is 2.03. The number of phenols is 2. The van der Waals surface area contributed by atoms with Crippen molar-refractivity contribution in [3.63, 3.8) is 0 Å². The second kappa shape index (κ2) is 4.48. The molecule has 0 fully saturated rings. The minimum absolute atomic E-state index is 0.0279. The normalized spacial score (nSPS) is 9.79. The summed E-state index contributed by atoms with van der Waals surface area (Å²) in [7, 11) is 0. The Morgan fingerprint density at radius 2 is 2.14 bits per heavy atom. The fourth-order valence-corrected chi connectivity index (χ4v) is 0.979. The Kier molecular flexibility index (Phi) is 3.30.